The molecule has 0 radical (unpaired) electrons. The molecule has 2 aliphatic rings. The van der Waals surface area contributed by atoms with Gasteiger partial charge < -0.3 is 10.6 Å². The van der Waals surface area contributed by atoms with E-state index in [0.29, 0.717) is 29.0 Å². The van der Waals surface area contributed by atoms with Crippen molar-refractivity contribution in [1.29, 1.82) is 0 Å². The molecular weight excluding hydrogens is 366 g/mol. The maximum atomic E-state index is 11.8. The van der Waals surface area contributed by atoms with Gasteiger partial charge in [0.25, 0.3) is 5.91 Å². The molecule has 5 rings (SSSR count). The van der Waals surface area contributed by atoms with Gasteiger partial charge in [-0.3, -0.25) is 10.1 Å². The third-order valence-electron chi connectivity index (χ3n) is 4.29. The number of urea groups is 1. The predicted octanol–water partition coefficient (Wildman–Crippen LogP) is 1.92. The third-order valence-corrected chi connectivity index (χ3v) is 5.28. The Kier molecular flexibility index (Phi) is 3.47. The van der Waals surface area contributed by atoms with E-state index in [1.807, 2.05) is 19.1 Å². The summed E-state index contributed by atoms with van der Waals surface area (Å²) in [7, 11) is 0. The van der Waals surface area contributed by atoms with Crippen molar-refractivity contribution in [2.24, 2.45) is 0 Å². The topological polar surface area (TPSA) is 113 Å². The lowest BCUT2D eigenvalue weighted by Crippen LogP contribution is -2.22. The number of anilines is 1. The molecule has 27 heavy (non-hydrogen) atoms. The maximum Gasteiger partial charge on any atom is 0.326 e. The zero-order chi connectivity index (χ0) is 18.5. The first kappa shape index (κ1) is 15.9. The summed E-state index contributed by atoms with van der Waals surface area (Å²) in [5, 5.41) is 12.4. The van der Waals surface area contributed by atoms with Crippen molar-refractivity contribution < 1.29 is 9.59 Å². The Hall–Kier alpha value is -3.27. The number of thiophene rings is 1. The van der Waals surface area contributed by atoms with Crippen LogP contribution in [0.5, 0.6) is 0 Å². The van der Waals surface area contributed by atoms with Crippen LogP contribution in [0.4, 0.5) is 10.7 Å². The van der Waals surface area contributed by atoms with Crippen molar-refractivity contribution in [3.05, 3.63) is 34.5 Å². The zero-order valence-corrected chi connectivity index (χ0v) is 15.1. The number of nitrogens with one attached hydrogen (secondary N) is 3. The molecular formula is C17H15N7O2S. The molecule has 0 aromatic carbocycles. The molecule has 136 valence electrons. The van der Waals surface area contributed by atoms with Gasteiger partial charge in [0.2, 0.25) is 5.95 Å². The van der Waals surface area contributed by atoms with Crippen LogP contribution in [0.3, 0.4) is 0 Å². The van der Waals surface area contributed by atoms with Gasteiger partial charge in [0.1, 0.15) is 5.70 Å². The minimum absolute atomic E-state index is 0.165. The number of imide groups is 1. The average molecular weight is 381 g/mol. The number of fused-ring (bicyclic) bond motifs is 1. The van der Waals surface area contributed by atoms with Crippen LogP contribution in [-0.4, -0.2) is 37.6 Å². The lowest BCUT2D eigenvalue weighted by Gasteiger charge is -2.08. The first-order chi connectivity index (χ1) is 13.1. The molecule has 3 aromatic heterocycles. The van der Waals surface area contributed by atoms with Crippen LogP contribution in [0, 0.1) is 6.92 Å². The number of aromatic nitrogens is 4. The second kappa shape index (κ2) is 5.88. The summed E-state index contributed by atoms with van der Waals surface area (Å²) >= 11 is 1.62. The number of aryl methyl sites for hydroxylation is 1. The number of carbonyl (C=O) groups is 2. The summed E-state index contributed by atoms with van der Waals surface area (Å²) in [4.78, 5) is 34.6. The Bertz CT molecular complexity index is 1130. The Morgan fingerprint density at radius 3 is 2.78 bits per heavy atom. The van der Waals surface area contributed by atoms with Crippen molar-refractivity contribution in [3.8, 4) is 10.7 Å². The van der Waals surface area contributed by atoms with E-state index in [1.165, 1.54) is 4.88 Å². The number of amides is 3. The van der Waals surface area contributed by atoms with Gasteiger partial charge in [-0.05, 0) is 38.0 Å². The predicted molar refractivity (Wildman–Crippen MR) is 100 cm³/mol. The molecule has 1 saturated heterocycles. The molecule has 3 amide bonds. The molecule has 3 aromatic rings. The van der Waals surface area contributed by atoms with Gasteiger partial charge in [0.05, 0.1) is 11.1 Å². The minimum atomic E-state index is -0.539. The van der Waals surface area contributed by atoms with Crippen LogP contribution in [0.15, 0.2) is 24.0 Å². The van der Waals surface area contributed by atoms with E-state index in [1.54, 1.807) is 28.1 Å². The largest absolute Gasteiger partial charge is 0.351 e. The van der Waals surface area contributed by atoms with Gasteiger partial charge >= 0.3 is 6.03 Å². The van der Waals surface area contributed by atoms with E-state index in [-0.39, 0.29) is 5.70 Å². The maximum absolute atomic E-state index is 11.8. The van der Waals surface area contributed by atoms with E-state index in [2.05, 4.69) is 31.0 Å². The molecule has 0 atom stereocenters. The third kappa shape index (κ3) is 2.93. The summed E-state index contributed by atoms with van der Waals surface area (Å²) in [6.07, 6.45) is 5.38. The second-order valence-electron chi connectivity index (χ2n) is 6.50. The van der Waals surface area contributed by atoms with Crippen molar-refractivity contribution in [1.82, 2.24) is 30.2 Å². The molecule has 1 aliphatic heterocycles. The zero-order valence-electron chi connectivity index (χ0n) is 14.3. The summed E-state index contributed by atoms with van der Waals surface area (Å²) in [5.74, 6) is 0.746. The van der Waals surface area contributed by atoms with Crippen LogP contribution in [0.1, 0.15) is 23.3 Å². The average Bonchev–Trinajstić information content (AvgIpc) is 3.04. The van der Waals surface area contributed by atoms with Crippen LogP contribution >= 0.6 is 11.3 Å². The van der Waals surface area contributed by atoms with Crippen molar-refractivity contribution in [2.45, 2.75) is 25.8 Å². The molecule has 3 N–H and O–H groups in total. The molecule has 4 heterocycles. The second-order valence-corrected chi connectivity index (χ2v) is 7.79. The van der Waals surface area contributed by atoms with E-state index >= 15 is 0 Å². The Morgan fingerprint density at radius 2 is 2.11 bits per heavy atom. The molecule has 0 unspecified atom stereocenters. The van der Waals surface area contributed by atoms with Crippen molar-refractivity contribution in [3.63, 3.8) is 0 Å². The molecule has 10 heteroatoms. The number of nitrogens with zero attached hydrogens (tertiary/aromatic N) is 4. The van der Waals surface area contributed by atoms with Gasteiger partial charge in [0.15, 0.2) is 11.5 Å². The fraction of sp³-hybridized carbons (Fsp3) is 0.235. The fourth-order valence-corrected chi connectivity index (χ4v) is 3.60. The summed E-state index contributed by atoms with van der Waals surface area (Å²) in [6, 6.07) is 3.88. The highest BCUT2D eigenvalue weighted by atomic mass is 32.1. The van der Waals surface area contributed by atoms with Crippen LogP contribution in [-0.2, 0) is 4.79 Å². The number of hydrogen-bond donors (Lipinski definition) is 3. The number of hydrogen-bond acceptors (Lipinski definition) is 7. The molecule has 0 bridgehead atoms. The van der Waals surface area contributed by atoms with Gasteiger partial charge in [0, 0.05) is 16.5 Å². The normalized spacial score (nSPS) is 18.2. The Balaban J connectivity index is 1.65. The standard InChI is InChI=1S/C17H15N7O2S/c1-8-2-5-12(27-8)13-21-14-9(6-11-15(25)23-17(26)20-11)7-18-24(14)16(22-13)19-10-3-4-10/h2,5-7,10H,3-4H2,1H3,(H,19,21,22)(H2,20,23,25,26)/b11-6-. The van der Waals surface area contributed by atoms with Gasteiger partial charge in [-0.25, -0.2) is 9.78 Å². The monoisotopic (exact) mass is 381 g/mol. The fourth-order valence-electron chi connectivity index (χ4n) is 2.80. The summed E-state index contributed by atoms with van der Waals surface area (Å²) in [6.45, 7) is 2.03. The van der Waals surface area contributed by atoms with Crippen LogP contribution in [0.25, 0.3) is 22.4 Å². The Labute approximate surface area is 157 Å². The first-order valence-electron chi connectivity index (χ1n) is 8.50. The molecule has 1 saturated carbocycles. The van der Waals surface area contributed by atoms with E-state index in [9.17, 15) is 9.59 Å². The van der Waals surface area contributed by atoms with E-state index in [4.69, 9.17) is 0 Å². The molecule has 2 fully saturated rings. The first-order valence-corrected chi connectivity index (χ1v) is 9.31. The SMILES string of the molecule is Cc1ccc(-c2nc(NC3CC3)n3ncc(/C=C4\NC(=O)NC4=O)c3n2)s1. The van der Waals surface area contributed by atoms with Crippen molar-refractivity contribution >= 4 is 40.9 Å². The highest BCUT2D eigenvalue weighted by molar-refractivity contribution is 7.15. The molecule has 1 aliphatic carbocycles. The number of carbonyl (C=O) groups excluding carboxylic acids is 2. The van der Waals surface area contributed by atoms with Gasteiger partial charge in [-0.1, -0.05) is 0 Å². The van der Waals surface area contributed by atoms with Gasteiger partial charge in [-0.15, -0.1) is 11.3 Å². The van der Waals surface area contributed by atoms with Gasteiger partial charge in [-0.2, -0.15) is 14.6 Å². The minimum Gasteiger partial charge on any atom is -0.351 e. The van der Waals surface area contributed by atoms with Crippen LogP contribution < -0.4 is 16.0 Å². The lowest BCUT2D eigenvalue weighted by molar-refractivity contribution is -0.115. The summed E-state index contributed by atoms with van der Waals surface area (Å²) < 4.78 is 1.63. The quantitative estimate of drug-likeness (QED) is 0.470. The van der Waals surface area contributed by atoms with E-state index in [0.717, 1.165) is 17.7 Å². The smallest absolute Gasteiger partial charge is 0.326 e. The van der Waals surface area contributed by atoms with Crippen molar-refractivity contribution in [2.75, 3.05) is 5.32 Å². The molecule has 9 nitrogen and oxygen atoms in total. The lowest BCUT2D eigenvalue weighted by atomic mass is 10.2. The Morgan fingerprint density at radius 1 is 1.26 bits per heavy atom. The van der Waals surface area contributed by atoms with Crippen LogP contribution in [0.2, 0.25) is 0 Å². The van der Waals surface area contributed by atoms with E-state index < -0.39 is 11.9 Å². The molecule has 0 spiro atoms. The summed E-state index contributed by atoms with van der Waals surface area (Å²) in [5.41, 5.74) is 1.35. The highest BCUT2D eigenvalue weighted by Gasteiger charge is 2.26. The highest BCUT2D eigenvalue weighted by Crippen LogP contribution is 2.29. The number of rotatable bonds is 4.